The monoisotopic (exact) mass is 317 g/mol. The topological polar surface area (TPSA) is 22.1 Å². The summed E-state index contributed by atoms with van der Waals surface area (Å²) in [5.41, 5.74) is 3.94. The van der Waals surface area contributed by atoms with Gasteiger partial charge in [0, 0.05) is 23.6 Å². The van der Waals surface area contributed by atoms with Crippen molar-refractivity contribution in [1.29, 1.82) is 0 Å². The number of aromatic nitrogens is 1. The van der Waals surface area contributed by atoms with Gasteiger partial charge in [-0.1, -0.05) is 35.0 Å². The minimum absolute atomic E-state index is 0.306. The number of pyridine rings is 1. The second-order valence-corrected chi connectivity index (χ2v) is 5.92. The SMILES string of the molecule is CC(c1ccncc1)C(Br)c1ccc2c(c1)CCO2. The van der Waals surface area contributed by atoms with Crippen LogP contribution < -0.4 is 4.74 Å². The fraction of sp³-hybridized carbons (Fsp3) is 0.312. The maximum absolute atomic E-state index is 5.55. The summed E-state index contributed by atoms with van der Waals surface area (Å²) in [5, 5.41) is 0. The Morgan fingerprint density at radius 2 is 1.95 bits per heavy atom. The molecule has 0 spiro atoms. The van der Waals surface area contributed by atoms with Crippen molar-refractivity contribution in [3.63, 3.8) is 0 Å². The molecule has 1 aromatic heterocycles. The van der Waals surface area contributed by atoms with Gasteiger partial charge in [-0.3, -0.25) is 4.98 Å². The van der Waals surface area contributed by atoms with Gasteiger partial charge >= 0.3 is 0 Å². The number of hydrogen-bond donors (Lipinski definition) is 0. The Kier molecular flexibility index (Phi) is 3.56. The lowest BCUT2D eigenvalue weighted by atomic mass is 9.93. The molecule has 0 N–H and O–H groups in total. The quantitative estimate of drug-likeness (QED) is 0.789. The van der Waals surface area contributed by atoms with E-state index in [9.17, 15) is 0 Å². The highest BCUT2D eigenvalue weighted by Gasteiger charge is 2.20. The van der Waals surface area contributed by atoms with Crippen LogP contribution in [-0.4, -0.2) is 11.6 Å². The Bertz CT molecular complexity index is 570. The minimum Gasteiger partial charge on any atom is -0.493 e. The van der Waals surface area contributed by atoms with Gasteiger partial charge in [-0.15, -0.1) is 0 Å². The molecule has 0 aliphatic carbocycles. The molecule has 1 aliphatic rings. The van der Waals surface area contributed by atoms with E-state index < -0.39 is 0 Å². The van der Waals surface area contributed by atoms with Crippen LogP contribution in [0.25, 0.3) is 0 Å². The van der Waals surface area contributed by atoms with Gasteiger partial charge in [-0.2, -0.15) is 0 Å². The van der Waals surface area contributed by atoms with Gasteiger partial charge in [0.05, 0.1) is 6.61 Å². The summed E-state index contributed by atoms with van der Waals surface area (Å²) in [7, 11) is 0. The fourth-order valence-electron chi connectivity index (χ4n) is 2.50. The lowest BCUT2D eigenvalue weighted by Crippen LogP contribution is -2.02. The molecule has 98 valence electrons. The summed E-state index contributed by atoms with van der Waals surface area (Å²) in [6.07, 6.45) is 4.72. The number of nitrogens with zero attached hydrogens (tertiary/aromatic N) is 1. The predicted molar refractivity (Wildman–Crippen MR) is 80.0 cm³/mol. The van der Waals surface area contributed by atoms with Crippen molar-refractivity contribution >= 4 is 15.9 Å². The Morgan fingerprint density at radius 1 is 1.16 bits per heavy atom. The van der Waals surface area contributed by atoms with E-state index in [2.05, 4.69) is 58.2 Å². The first-order valence-electron chi connectivity index (χ1n) is 6.55. The van der Waals surface area contributed by atoms with Gasteiger partial charge in [0.25, 0.3) is 0 Å². The number of fused-ring (bicyclic) bond motifs is 1. The van der Waals surface area contributed by atoms with Gasteiger partial charge in [0.2, 0.25) is 0 Å². The Labute approximate surface area is 122 Å². The fourth-order valence-corrected chi connectivity index (χ4v) is 3.09. The normalized spacial score (nSPS) is 16.5. The highest BCUT2D eigenvalue weighted by atomic mass is 79.9. The maximum Gasteiger partial charge on any atom is 0.122 e. The largest absolute Gasteiger partial charge is 0.493 e. The van der Waals surface area contributed by atoms with Crippen LogP contribution in [0.5, 0.6) is 5.75 Å². The summed E-state index contributed by atoms with van der Waals surface area (Å²) in [6.45, 7) is 3.05. The molecule has 0 fully saturated rings. The van der Waals surface area contributed by atoms with Crippen LogP contribution in [-0.2, 0) is 6.42 Å². The first-order chi connectivity index (χ1) is 9.25. The molecule has 1 aromatic carbocycles. The molecule has 0 saturated carbocycles. The Balaban J connectivity index is 1.86. The van der Waals surface area contributed by atoms with E-state index >= 15 is 0 Å². The van der Waals surface area contributed by atoms with Gasteiger partial charge in [0.1, 0.15) is 5.75 Å². The molecule has 19 heavy (non-hydrogen) atoms. The molecule has 0 radical (unpaired) electrons. The summed E-state index contributed by atoms with van der Waals surface area (Å²) in [6, 6.07) is 10.7. The van der Waals surface area contributed by atoms with Crippen LogP contribution in [0.4, 0.5) is 0 Å². The van der Waals surface area contributed by atoms with Crippen molar-refractivity contribution in [2.45, 2.75) is 24.1 Å². The Morgan fingerprint density at radius 3 is 2.74 bits per heavy atom. The lowest BCUT2D eigenvalue weighted by molar-refractivity contribution is 0.357. The van der Waals surface area contributed by atoms with Gasteiger partial charge in [-0.25, -0.2) is 0 Å². The van der Waals surface area contributed by atoms with Crippen LogP contribution in [0.1, 0.15) is 34.4 Å². The van der Waals surface area contributed by atoms with E-state index in [4.69, 9.17) is 4.74 Å². The average molecular weight is 318 g/mol. The second-order valence-electron chi connectivity index (χ2n) is 4.94. The van der Waals surface area contributed by atoms with Crippen LogP contribution >= 0.6 is 15.9 Å². The van der Waals surface area contributed by atoms with Crippen molar-refractivity contribution in [1.82, 2.24) is 4.98 Å². The van der Waals surface area contributed by atoms with Crippen molar-refractivity contribution in [3.8, 4) is 5.75 Å². The van der Waals surface area contributed by atoms with E-state index in [1.165, 1.54) is 16.7 Å². The molecule has 3 rings (SSSR count). The van der Waals surface area contributed by atoms with Crippen molar-refractivity contribution in [2.75, 3.05) is 6.61 Å². The van der Waals surface area contributed by atoms with Crippen molar-refractivity contribution in [3.05, 3.63) is 59.4 Å². The molecule has 2 unspecified atom stereocenters. The Hall–Kier alpha value is -1.35. The number of rotatable bonds is 3. The number of benzene rings is 1. The number of ether oxygens (including phenoxy) is 1. The third-order valence-electron chi connectivity index (χ3n) is 3.70. The van der Waals surface area contributed by atoms with Crippen LogP contribution in [0, 0.1) is 0 Å². The number of halogens is 1. The summed E-state index contributed by atoms with van der Waals surface area (Å²) in [5.74, 6) is 1.45. The summed E-state index contributed by atoms with van der Waals surface area (Å²) in [4.78, 5) is 4.38. The molecule has 1 aliphatic heterocycles. The van der Waals surface area contributed by atoms with Gasteiger partial charge in [-0.05, 0) is 40.8 Å². The van der Waals surface area contributed by atoms with E-state index in [0.29, 0.717) is 10.7 Å². The van der Waals surface area contributed by atoms with Crippen LogP contribution in [0.2, 0.25) is 0 Å². The minimum atomic E-state index is 0.306. The predicted octanol–water partition coefficient (Wildman–Crippen LogP) is 4.26. The zero-order valence-corrected chi connectivity index (χ0v) is 12.4. The molecule has 0 saturated heterocycles. The first kappa shape index (κ1) is 12.7. The molecule has 2 nitrogen and oxygen atoms in total. The van der Waals surface area contributed by atoms with Crippen LogP contribution in [0.3, 0.4) is 0 Å². The van der Waals surface area contributed by atoms with E-state index in [1.807, 2.05) is 12.4 Å². The third kappa shape index (κ3) is 2.52. The summed E-state index contributed by atoms with van der Waals surface area (Å²) >= 11 is 3.84. The molecular formula is C16H16BrNO. The standard InChI is InChI=1S/C16H16BrNO/c1-11(12-4-7-18-8-5-12)16(17)14-2-3-15-13(10-14)6-9-19-15/h2-5,7-8,10-11,16H,6,9H2,1H3. The molecule has 3 heteroatoms. The first-order valence-corrected chi connectivity index (χ1v) is 7.47. The lowest BCUT2D eigenvalue weighted by Gasteiger charge is -2.19. The smallest absolute Gasteiger partial charge is 0.122 e. The zero-order chi connectivity index (χ0) is 13.2. The highest BCUT2D eigenvalue weighted by Crippen LogP contribution is 2.39. The molecule has 0 bridgehead atoms. The van der Waals surface area contributed by atoms with Gasteiger partial charge in [0.15, 0.2) is 0 Å². The maximum atomic E-state index is 5.55. The average Bonchev–Trinajstić information content (AvgIpc) is 2.94. The number of hydrogen-bond acceptors (Lipinski definition) is 2. The molecule has 2 atom stereocenters. The molecule has 2 heterocycles. The molecule has 0 amide bonds. The van der Waals surface area contributed by atoms with Crippen LogP contribution in [0.15, 0.2) is 42.7 Å². The summed E-state index contributed by atoms with van der Waals surface area (Å²) < 4.78 is 5.55. The van der Waals surface area contributed by atoms with E-state index in [1.54, 1.807) is 0 Å². The second kappa shape index (κ2) is 5.33. The zero-order valence-electron chi connectivity index (χ0n) is 10.8. The third-order valence-corrected chi connectivity index (χ3v) is 5.02. The van der Waals surface area contributed by atoms with Crippen molar-refractivity contribution < 1.29 is 4.74 Å². The van der Waals surface area contributed by atoms with Crippen molar-refractivity contribution in [2.24, 2.45) is 0 Å². The van der Waals surface area contributed by atoms with E-state index in [-0.39, 0.29) is 0 Å². The number of alkyl halides is 1. The molecule has 2 aromatic rings. The highest BCUT2D eigenvalue weighted by molar-refractivity contribution is 9.09. The van der Waals surface area contributed by atoms with Gasteiger partial charge < -0.3 is 4.74 Å². The van der Waals surface area contributed by atoms with E-state index in [0.717, 1.165) is 18.8 Å². The molecular weight excluding hydrogens is 302 g/mol.